The highest BCUT2D eigenvalue weighted by molar-refractivity contribution is 7.09. The third-order valence-corrected chi connectivity index (χ3v) is 5.40. The first-order chi connectivity index (χ1) is 9.16. The van der Waals surface area contributed by atoms with E-state index in [0.717, 1.165) is 25.2 Å². The summed E-state index contributed by atoms with van der Waals surface area (Å²) in [6.07, 6.45) is 6.37. The molecule has 0 radical (unpaired) electrons. The van der Waals surface area contributed by atoms with Gasteiger partial charge in [-0.25, -0.2) is 0 Å². The SMILES string of the molecule is CC1CCCC(NC(=O)CCCc2cccs2)C1C. The van der Waals surface area contributed by atoms with Crippen LogP contribution in [0.3, 0.4) is 0 Å². The van der Waals surface area contributed by atoms with Crippen LogP contribution in [0.2, 0.25) is 0 Å². The molecular weight excluding hydrogens is 254 g/mol. The molecule has 0 saturated heterocycles. The number of aryl methyl sites for hydroxylation is 1. The molecule has 1 aliphatic rings. The van der Waals surface area contributed by atoms with Gasteiger partial charge >= 0.3 is 0 Å². The molecule has 3 atom stereocenters. The number of amides is 1. The Kier molecular flexibility index (Phi) is 5.44. The maximum Gasteiger partial charge on any atom is 0.220 e. The van der Waals surface area contributed by atoms with Gasteiger partial charge in [0, 0.05) is 17.3 Å². The lowest BCUT2D eigenvalue weighted by atomic mass is 9.78. The molecular formula is C16H25NOS. The lowest BCUT2D eigenvalue weighted by molar-refractivity contribution is -0.122. The second kappa shape index (κ2) is 7.09. The standard InChI is InChI=1S/C16H25NOS/c1-12-6-3-9-15(13(12)2)17-16(18)10-4-7-14-8-5-11-19-14/h5,8,11-13,15H,3-4,6-7,9-10H2,1-2H3,(H,17,18). The van der Waals surface area contributed by atoms with Crippen molar-refractivity contribution in [3.05, 3.63) is 22.4 Å². The number of thiophene rings is 1. The Bertz CT molecular complexity index is 387. The van der Waals surface area contributed by atoms with Gasteiger partial charge < -0.3 is 5.32 Å². The average Bonchev–Trinajstić information content (AvgIpc) is 2.88. The smallest absolute Gasteiger partial charge is 0.220 e. The molecule has 1 fully saturated rings. The van der Waals surface area contributed by atoms with E-state index in [1.54, 1.807) is 11.3 Å². The maximum absolute atomic E-state index is 12.0. The highest BCUT2D eigenvalue weighted by Gasteiger charge is 2.27. The van der Waals surface area contributed by atoms with Crippen LogP contribution in [0.5, 0.6) is 0 Å². The van der Waals surface area contributed by atoms with Crippen molar-refractivity contribution in [2.75, 3.05) is 0 Å². The van der Waals surface area contributed by atoms with E-state index in [-0.39, 0.29) is 5.91 Å². The highest BCUT2D eigenvalue weighted by Crippen LogP contribution is 2.29. The molecule has 106 valence electrons. The van der Waals surface area contributed by atoms with Gasteiger partial charge in [0.05, 0.1) is 0 Å². The minimum absolute atomic E-state index is 0.238. The number of carbonyl (C=O) groups is 1. The Balaban J connectivity index is 1.69. The predicted molar refractivity (Wildman–Crippen MR) is 81.4 cm³/mol. The average molecular weight is 279 g/mol. The van der Waals surface area contributed by atoms with Crippen molar-refractivity contribution in [2.45, 2.75) is 58.4 Å². The van der Waals surface area contributed by atoms with Crippen LogP contribution in [0, 0.1) is 11.8 Å². The van der Waals surface area contributed by atoms with Crippen LogP contribution in [0.1, 0.15) is 50.8 Å². The van der Waals surface area contributed by atoms with E-state index in [9.17, 15) is 4.79 Å². The van der Waals surface area contributed by atoms with Gasteiger partial charge in [-0.1, -0.05) is 32.8 Å². The van der Waals surface area contributed by atoms with Gasteiger partial charge in [-0.05, 0) is 42.5 Å². The van der Waals surface area contributed by atoms with Gasteiger partial charge in [0.25, 0.3) is 0 Å². The van der Waals surface area contributed by atoms with Crippen LogP contribution in [-0.2, 0) is 11.2 Å². The molecule has 3 unspecified atom stereocenters. The van der Waals surface area contributed by atoms with Gasteiger partial charge in [0.1, 0.15) is 0 Å². The summed E-state index contributed by atoms with van der Waals surface area (Å²) in [7, 11) is 0. The molecule has 1 amide bonds. The molecule has 0 spiro atoms. The first-order valence-electron chi connectivity index (χ1n) is 7.48. The van der Waals surface area contributed by atoms with E-state index in [0.29, 0.717) is 18.4 Å². The summed E-state index contributed by atoms with van der Waals surface area (Å²) >= 11 is 1.78. The van der Waals surface area contributed by atoms with E-state index < -0.39 is 0 Å². The zero-order valence-electron chi connectivity index (χ0n) is 12.0. The zero-order chi connectivity index (χ0) is 13.7. The van der Waals surface area contributed by atoms with E-state index in [4.69, 9.17) is 0 Å². The van der Waals surface area contributed by atoms with Gasteiger partial charge in [-0.15, -0.1) is 11.3 Å². The number of rotatable bonds is 5. The molecule has 1 aromatic rings. The number of hydrogen-bond acceptors (Lipinski definition) is 2. The Morgan fingerprint density at radius 1 is 1.42 bits per heavy atom. The summed E-state index contributed by atoms with van der Waals surface area (Å²) in [6, 6.07) is 4.62. The molecule has 1 heterocycles. The first-order valence-corrected chi connectivity index (χ1v) is 8.36. The molecule has 2 nitrogen and oxygen atoms in total. The van der Waals surface area contributed by atoms with E-state index in [1.165, 1.54) is 17.7 Å². The summed E-state index contributed by atoms with van der Waals surface area (Å²) in [6.45, 7) is 4.58. The minimum Gasteiger partial charge on any atom is -0.353 e. The molecule has 1 aliphatic carbocycles. The van der Waals surface area contributed by atoms with Crippen molar-refractivity contribution in [1.29, 1.82) is 0 Å². The van der Waals surface area contributed by atoms with Crippen molar-refractivity contribution in [2.24, 2.45) is 11.8 Å². The quantitative estimate of drug-likeness (QED) is 0.867. The second-order valence-electron chi connectivity index (χ2n) is 5.87. The monoisotopic (exact) mass is 279 g/mol. The number of nitrogens with one attached hydrogen (secondary N) is 1. The zero-order valence-corrected chi connectivity index (χ0v) is 12.8. The van der Waals surface area contributed by atoms with Crippen molar-refractivity contribution in [3.63, 3.8) is 0 Å². The summed E-state index contributed by atoms with van der Waals surface area (Å²) < 4.78 is 0. The van der Waals surface area contributed by atoms with Crippen LogP contribution in [0.25, 0.3) is 0 Å². The van der Waals surface area contributed by atoms with E-state index >= 15 is 0 Å². The third kappa shape index (κ3) is 4.34. The molecule has 1 aromatic heterocycles. The van der Waals surface area contributed by atoms with Crippen molar-refractivity contribution in [3.8, 4) is 0 Å². The normalized spacial score (nSPS) is 27.2. The van der Waals surface area contributed by atoms with Crippen molar-refractivity contribution >= 4 is 17.2 Å². The Labute approximate surface area is 120 Å². The fraction of sp³-hybridized carbons (Fsp3) is 0.688. The minimum atomic E-state index is 0.238. The molecule has 0 aliphatic heterocycles. The number of carbonyl (C=O) groups excluding carboxylic acids is 1. The summed E-state index contributed by atoms with van der Waals surface area (Å²) in [5, 5.41) is 5.34. The lowest BCUT2D eigenvalue weighted by Gasteiger charge is -2.34. The summed E-state index contributed by atoms with van der Waals surface area (Å²) in [5.74, 6) is 1.60. The van der Waals surface area contributed by atoms with Crippen LogP contribution < -0.4 is 5.32 Å². The second-order valence-corrected chi connectivity index (χ2v) is 6.91. The molecule has 3 heteroatoms. The number of hydrogen-bond donors (Lipinski definition) is 1. The van der Waals surface area contributed by atoms with Crippen LogP contribution in [0.15, 0.2) is 17.5 Å². The molecule has 1 saturated carbocycles. The van der Waals surface area contributed by atoms with Crippen LogP contribution >= 0.6 is 11.3 Å². The fourth-order valence-electron chi connectivity index (χ4n) is 2.94. The van der Waals surface area contributed by atoms with Gasteiger partial charge in [0.15, 0.2) is 0 Å². The topological polar surface area (TPSA) is 29.1 Å². The van der Waals surface area contributed by atoms with Crippen molar-refractivity contribution in [1.82, 2.24) is 5.32 Å². The largest absolute Gasteiger partial charge is 0.353 e. The van der Waals surface area contributed by atoms with Gasteiger partial charge in [0.2, 0.25) is 5.91 Å². The molecule has 0 bridgehead atoms. The first kappa shape index (κ1) is 14.6. The Morgan fingerprint density at radius 3 is 3.00 bits per heavy atom. The molecule has 0 aromatic carbocycles. The summed E-state index contributed by atoms with van der Waals surface area (Å²) in [5.41, 5.74) is 0. The van der Waals surface area contributed by atoms with Gasteiger partial charge in [-0.3, -0.25) is 4.79 Å². The molecule has 19 heavy (non-hydrogen) atoms. The van der Waals surface area contributed by atoms with E-state index in [1.807, 2.05) is 0 Å². The lowest BCUT2D eigenvalue weighted by Crippen LogP contribution is -2.43. The highest BCUT2D eigenvalue weighted by atomic mass is 32.1. The van der Waals surface area contributed by atoms with E-state index in [2.05, 4.69) is 36.7 Å². The van der Waals surface area contributed by atoms with Crippen LogP contribution in [0.4, 0.5) is 0 Å². The van der Waals surface area contributed by atoms with Gasteiger partial charge in [-0.2, -0.15) is 0 Å². The third-order valence-electron chi connectivity index (χ3n) is 4.46. The predicted octanol–water partition coefficient (Wildman–Crippen LogP) is 4.01. The fourth-order valence-corrected chi connectivity index (χ4v) is 3.69. The van der Waals surface area contributed by atoms with Crippen LogP contribution in [-0.4, -0.2) is 11.9 Å². The maximum atomic E-state index is 12.0. The molecule has 2 rings (SSSR count). The molecule has 1 N–H and O–H groups in total. The summed E-state index contributed by atoms with van der Waals surface area (Å²) in [4.78, 5) is 13.4. The van der Waals surface area contributed by atoms with Crippen molar-refractivity contribution < 1.29 is 4.79 Å². The Hall–Kier alpha value is -0.830. The Morgan fingerprint density at radius 2 is 2.26 bits per heavy atom.